The van der Waals surface area contributed by atoms with Crippen LogP contribution < -0.4 is 10.6 Å². The van der Waals surface area contributed by atoms with Crippen LogP contribution in [0.15, 0.2) is 12.3 Å². The molecule has 1 aromatic heterocycles. The van der Waals surface area contributed by atoms with E-state index in [9.17, 15) is 0 Å². The van der Waals surface area contributed by atoms with Gasteiger partial charge >= 0.3 is 0 Å². The Morgan fingerprint density at radius 1 is 1.60 bits per heavy atom. The fraction of sp³-hybridized carbons (Fsp3) is 0.500. The summed E-state index contributed by atoms with van der Waals surface area (Å²) in [5.74, 6) is 1.05. The molecule has 0 amide bonds. The van der Waals surface area contributed by atoms with Crippen LogP contribution in [0.25, 0.3) is 0 Å². The third-order valence-corrected chi connectivity index (χ3v) is 2.14. The fourth-order valence-corrected chi connectivity index (χ4v) is 1.29. The predicted molar refractivity (Wildman–Crippen MR) is 61.2 cm³/mol. The Balaban J connectivity index is 2.69. The summed E-state index contributed by atoms with van der Waals surface area (Å²) < 4.78 is 0. The van der Waals surface area contributed by atoms with Gasteiger partial charge in [0.25, 0.3) is 0 Å². The fourth-order valence-electron chi connectivity index (χ4n) is 1.29. The number of hydrogen-bond donors (Lipinski definition) is 2. The molecule has 5 heteroatoms. The van der Waals surface area contributed by atoms with Gasteiger partial charge in [-0.3, -0.25) is 5.41 Å². The topological polar surface area (TPSA) is 78.9 Å². The highest BCUT2D eigenvalue weighted by atomic mass is 15.2. The number of nitrogens with two attached hydrogens (primary N) is 1. The molecule has 0 saturated heterocycles. The van der Waals surface area contributed by atoms with E-state index in [1.165, 1.54) is 0 Å². The van der Waals surface area contributed by atoms with E-state index < -0.39 is 0 Å². The van der Waals surface area contributed by atoms with E-state index in [2.05, 4.69) is 15.1 Å². The summed E-state index contributed by atoms with van der Waals surface area (Å²) in [5.41, 5.74) is 6.41. The average molecular weight is 207 g/mol. The van der Waals surface area contributed by atoms with Crippen molar-refractivity contribution in [3.63, 3.8) is 0 Å². The quantitative estimate of drug-likeness (QED) is 0.556. The van der Waals surface area contributed by atoms with Crippen LogP contribution in [0, 0.1) is 12.3 Å². The summed E-state index contributed by atoms with van der Waals surface area (Å²) in [6, 6.07) is 1.98. The summed E-state index contributed by atoms with van der Waals surface area (Å²) >= 11 is 0. The number of rotatable bonds is 5. The van der Waals surface area contributed by atoms with Crippen LogP contribution in [0.3, 0.4) is 0 Å². The van der Waals surface area contributed by atoms with Crippen molar-refractivity contribution in [3.8, 4) is 0 Å². The Kier molecular flexibility index (Phi) is 4.03. The van der Waals surface area contributed by atoms with Gasteiger partial charge in [-0.1, -0.05) is 0 Å². The molecule has 1 aromatic rings. The van der Waals surface area contributed by atoms with E-state index in [1.54, 1.807) is 6.20 Å². The highest BCUT2D eigenvalue weighted by Gasteiger charge is 2.06. The van der Waals surface area contributed by atoms with Gasteiger partial charge in [-0.2, -0.15) is 5.10 Å². The maximum atomic E-state index is 7.18. The van der Waals surface area contributed by atoms with Crippen molar-refractivity contribution in [2.75, 3.05) is 18.0 Å². The first kappa shape index (κ1) is 11.4. The minimum absolute atomic E-state index is 0.203. The third-order valence-electron chi connectivity index (χ3n) is 2.14. The predicted octanol–water partition coefficient (Wildman–Crippen LogP) is 0.937. The second kappa shape index (κ2) is 5.29. The van der Waals surface area contributed by atoms with Crippen LogP contribution in [0.5, 0.6) is 0 Å². The second-order valence-corrected chi connectivity index (χ2v) is 3.45. The highest BCUT2D eigenvalue weighted by molar-refractivity contribution is 5.77. The van der Waals surface area contributed by atoms with Crippen LogP contribution in [-0.2, 0) is 0 Å². The molecule has 0 aromatic carbocycles. The number of anilines is 1. The van der Waals surface area contributed by atoms with E-state index in [-0.39, 0.29) is 5.84 Å². The van der Waals surface area contributed by atoms with Crippen molar-refractivity contribution in [1.82, 2.24) is 10.2 Å². The van der Waals surface area contributed by atoms with E-state index >= 15 is 0 Å². The van der Waals surface area contributed by atoms with Crippen molar-refractivity contribution in [1.29, 1.82) is 5.41 Å². The van der Waals surface area contributed by atoms with E-state index in [4.69, 9.17) is 11.1 Å². The molecule has 3 N–H and O–H groups in total. The van der Waals surface area contributed by atoms with Crippen LogP contribution in [-0.4, -0.2) is 29.1 Å². The Bertz CT molecular complexity index is 336. The Labute approximate surface area is 89.8 Å². The molecule has 0 fully saturated rings. The molecule has 0 radical (unpaired) electrons. The number of aromatic nitrogens is 2. The molecule has 0 atom stereocenters. The Morgan fingerprint density at radius 2 is 2.33 bits per heavy atom. The van der Waals surface area contributed by atoms with Gasteiger partial charge in [-0.25, -0.2) is 0 Å². The lowest BCUT2D eigenvalue weighted by Gasteiger charge is -2.20. The zero-order valence-corrected chi connectivity index (χ0v) is 9.20. The first-order valence-electron chi connectivity index (χ1n) is 5.00. The first-order chi connectivity index (χ1) is 7.13. The van der Waals surface area contributed by atoms with Crippen molar-refractivity contribution in [2.45, 2.75) is 20.3 Å². The Morgan fingerprint density at radius 3 is 2.87 bits per heavy atom. The van der Waals surface area contributed by atoms with Gasteiger partial charge in [0.05, 0.1) is 12.0 Å². The zero-order valence-electron chi connectivity index (χ0n) is 9.20. The number of hydrogen-bond acceptors (Lipinski definition) is 4. The number of amidine groups is 1. The summed E-state index contributed by atoms with van der Waals surface area (Å²) in [6.07, 6.45) is 2.28. The highest BCUT2D eigenvalue weighted by Crippen LogP contribution is 2.10. The maximum absolute atomic E-state index is 7.18. The van der Waals surface area contributed by atoms with Gasteiger partial charge < -0.3 is 10.6 Å². The molecular weight excluding hydrogens is 190 g/mol. The SMILES string of the molecule is CCN(CCC(=N)N)c1cc(C)cnn1. The van der Waals surface area contributed by atoms with E-state index in [0.717, 1.165) is 17.9 Å². The van der Waals surface area contributed by atoms with E-state index in [0.29, 0.717) is 13.0 Å². The van der Waals surface area contributed by atoms with Crippen molar-refractivity contribution < 1.29 is 0 Å². The van der Waals surface area contributed by atoms with Crippen molar-refractivity contribution in [2.24, 2.45) is 5.73 Å². The van der Waals surface area contributed by atoms with Gasteiger partial charge in [0, 0.05) is 19.5 Å². The minimum atomic E-state index is 0.203. The smallest absolute Gasteiger partial charge is 0.151 e. The standard InChI is InChI=1S/C10H17N5/c1-3-15(5-4-9(11)12)10-6-8(2)7-13-14-10/h6-7H,3-5H2,1-2H3,(H3,11,12). The number of nitrogens with zero attached hydrogens (tertiary/aromatic N) is 3. The van der Waals surface area contributed by atoms with Gasteiger partial charge in [0.2, 0.25) is 0 Å². The summed E-state index contributed by atoms with van der Waals surface area (Å²) in [6.45, 7) is 5.58. The molecule has 15 heavy (non-hydrogen) atoms. The molecule has 0 aliphatic heterocycles. The monoisotopic (exact) mass is 207 g/mol. The molecule has 0 aliphatic carbocycles. The lowest BCUT2D eigenvalue weighted by molar-refractivity contribution is 0.796. The van der Waals surface area contributed by atoms with Gasteiger partial charge in [-0.05, 0) is 25.5 Å². The normalized spacial score (nSPS) is 10.0. The molecular formula is C10H17N5. The molecule has 1 heterocycles. The summed E-state index contributed by atoms with van der Waals surface area (Å²) in [7, 11) is 0. The van der Waals surface area contributed by atoms with Gasteiger partial charge in [0.15, 0.2) is 5.82 Å². The number of nitrogens with one attached hydrogen (secondary N) is 1. The van der Waals surface area contributed by atoms with E-state index in [1.807, 2.05) is 19.9 Å². The van der Waals surface area contributed by atoms with Crippen LogP contribution >= 0.6 is 0 Å². The maximum Gasteiger partial charge on any atom is 0.151 e. The van der Waals surface area contributed by atoms with Crippen molar-refractivity contribution >= 4 is 11.7 Å². The molecule has 1 rings (SSSR count). The van der Waals surface area contributed by atoms with Gasteiger partial charge in [-0.15, -0.1) is 5.10 Å². The van der Waals surface area contributed by atoms with Gasteiger partial charge in [0.1, 0.15) is 0 Å². The molecule has 0 saturated carbocycles. The zero-order chi connectivity index (χ0) is 11.3. The average Bonchev–Trinajstić information content (AvgIpc) is 2.18. The number of aryl methyl sites for hydroxylation is 1. The molecule has 0 aliphatic rings. The summed E-state index contributed by atoms with van der Waals surface area (Å²) in [5, 5.41) is 15.1. The largest absolute Gasteiger partial charge is 0.388 e. The lowest BCUT2D eigenvalue weighted by Crippen LogP contribution is -2.28. The second-order valence-electron chi connectivity index (χ2n) is 3.45. The van der Waals surface area contributed by atoms with Crippen LogP contribution in [0.4, 0.5) is 5.82 Å². The Hall–Kier alpha value is -1.65. The first-order valence-corrected chi connectivity index (χ1v) is 5.00. The van der Waals surface area contributed by atoms with Crippen molar-refractivity contribution in [3.05, 3.63) is 17.8 Å². The minimum Gasteiger partial charge on any atom is -0.388 e. The molecule has 0 unspecified atom stereocenters. The molecule has 0 bridgehead atoms. The summed E-state index contributed by atoms with van der Waals surface area (Å²) in [4.78, 5) is 2.06. The van der Waals surface area contributed by atoms with Crippen LogP contribution in [0.2, 0.25) is 0 Å². The third kappa shape index (κ3) is 3.53. The molecule has 82 valence electrons. The van der Waals surface area contributed by atoms with Crippen LogP contribution in [0.1, 0.15) is 18.9 Å². The molecule has 0 spiro atoms. The lowest BCUT2D eigenvalue weighted by atomic mass is 10.3. The molecule has 5 nitrogen and oxygen atoms in total.